The number of nitrogens with two attached hydrogens (primary N) is 1. The van der Waals surface area contributed by atoms with Crippen LogP contribution in [0.4, 0.5) is 0 Å². The fourth-order valence-electron chi connectivity index (χ4n) is 2.73. The zero-order valence-electron chi connectivity index (χ0n) is 10.9. The number of ether oxygens (including phenoxy) is 2. The minimum Gasteiger partial charge on any atom is -0.493 e. The van der Waals surface area contributed by atoms with Crippen molar-refractivity contribution in [3.63, 3.8) is 0 Å². The van der Waals surface area contributed by atoms with Crippen LogP contribution in [0.1, 0.15) is 44.1 Å². The first-order valence-corrected chi connectivity index (χ1v) is 6.85. The Morgan fingerprint density at radius 2 is 1.89 bits per heavy atom. The van der Waals surface area contributed by atoms with E-state index in [9.17, 15) is 0 Å². The highest BCUT2D eigenvalue weighted by molar-refractivity contribution is 5.45. The standard InChI is InChI=1S/C15H21NO2/c1-17-14-10-11(15(16)8-2-3-9-15)4-7-13(14)18-12-5-6-12/h4,7,10,12H,2-3,5-6,8-9,16H2,1H3. The topological polar surface area (TPSA) is 44.5 Å². The van der Waals surface area contributed by atoms with Gasteiger partial charge >= 0.3 is 0 Å². The van der Waals surface area contributed by atoms with Gasteiger partial charge in [0.05, 0.1) is 13.2 Å². The second kappa shape index (κ2) is 4.47. The third-order valence-electron chi connectivity index (χ3n) is 4.05. The van der Waals surface area contributed by atoms with E-state index in [4.69, 9.17) is 15.2 Å². The van der Waals surface area contributed by atoms with Crippen LogP contribution >= 0.6 is 0 Å². The van der Waals surface area contributed by atoms with Gasteiger partial charge in [0.25, 0.3) is 0 Å². The van der Waals surface area contributed by atoms with Gasteiger partial charge in [-0.1, -0.05) is 18.9 Å². The van der Waals surface area contributed by atoms with Gasteiger partial charge in [-0.15, -0.1) is 0 Å². The van der Waals surface area contributed by atoms with E-state index >= 15 is 0 Å². The van der Waals surface area contributed by atoms with E-state index in [1.54, 1.807) is 7.11 Å². The van der Waals surface area contributed by atoms with Crippen molar-refractivity contribution < 1.29 is 9.47 Å². The molecule has 98 valence electrons. The van der Waals surface area contributed by atoms with Crippen LogP contribution in [0.2, 0.25) is 0 Å². The summed E-state index contributed by atoms with van der Waals surface area (Å²) in [4.78, 5) is 0. The monoisotopic (exact) mass is 247 g/mol. The zero-order chi connectivity index (χ0) is 12.6. The first kappa shape index (κ1) is 11.8. The Morgan fingerprint density at radius 1 is 1.17 bits per heavy atom. The minimum atomic E-state index is -0.161. The molecule has 3 rings (SSSR count). The fraction of sp³-hybridized carbons (Fsp3) is 0.600. The lowest BCUT2D eigenvalue weighted by molar-refractivity contribution is 0.281. The third-order valence-corrected chi connectivity index (χ3v) is 4.05. The van der Waals surface area contributed by atoms with Crippen LogP contribution < -0.4 is 15.2 Å². The van der Waals surface area contributed by atoms with Gasteiger partial charge in [0.2, 0.25) is 0 Å². The van der Waals surface area contributed by atoms with Crippen molar-refractivity contribution in [3.05, 3.63) is 23.8 Å². The smallest absolute Gasteiger partial charge is 0.161 e. The second-order valence-corrected chi connectivity index (χ2v) is 5.55. The summed E-state index contributed by atoms with van der Waals surface area (Å²) >= 11 is 0. The Labute approximate surface area is 108 Å². The van der Waals surface area contributed by atoms with E-state index in [2.05, 4.69) is 12.1 Å². The van der Waals surface area contributed by atoms with Gasteiger partial charge in [0.1, 0.15) is 0 Å². The summed E-state index contributed by atoms with van der Waals surface area (Å²) < 4.78 is 11.3. The largest absolute Gasteiger partial charge is 0.493 e. The van der Waals surface area contributed by atoms with Crippen LogP contribution in [0.3, 0.4) is 0 Å². The maximum atomic E-state index is 6.47. The summed E-state index contributed by atoms with van der Waals surface area (Å²) in [6, 6.07) is 6.17. The van der Waals surface area contributed by atoms with Crippen LogP contribution in [0, 0.1) is 0 Å². The number of methoxy groups -OCH3 is 1. The molecular weight excluding hydrogens is 226 g/mol. The van der Waals surface area contributed by atoms with Gasteiger partial charge in [-0.25, -0.2) is 0 Å². The second-order valence-electron chi connectivity index (χ2n) is 5.55. The van der Waals surface area contributed by atoms with Crippen molar-refractivity contribution in [1.29, 1.82) is 0 Å². The van der Waals surface area contributed by atoms with Crippen molar-refractivity contribution >= 4 is 0 Å². The SMILES string of the molecule is COc1cc(C2(N)CCCC2)ccc1OC1CC1. The molecule has 2 fully saturated rings. The van der Waals surface area contributed by atoms with Crippen LogP contribution in [-0.2, 0) is 5.54 Å². The van der Waals surface area contributed by atoms with Gasteiger partial charge in [-0.2, -0.15) is 0 Å². The lowest BCUT2D eigenvalue weighted by Crippen LogP contribution is -2.33. The maximum Gasteiger partial charge on any atom is 0.161 e. The van der Waals surface area contributed by atoms with E-state index in [0.29, 0.717) is 6.10 Å². The Hall–Kier alpha value is -1.22. The van der Waals surface area contributed by atoms with Crippen LogP contribution in [0.5, 0.6) is 11.5 Å². The molecule has 2 aliphatic carbocycles. The van der Waals surface area contributed by atoms with Crippen molar-refractivity contribution in [3.8, 4) is 11.5 Å². The number of hydrogen-bond acceptors (Lipinski definition) is 3. The summed E-state index contributed by atoms with van der Waals surface area (Å²) in [5.41, 5.74) is 7.49. The Balaban J connectivity index is 1.87. The Bertz CT molecular complexity index is 434. The molecule has 0 aliphatic heterocycles. The molecule has 0 atom stereocenters. The number of benzene rings is 1. The molecule has 18 heavy (non-hydrogen) atoms. The molecule has 0 radical (unpaired) electrons. The van der Waals surface area contributed by atoms with Gasteiger partial charge in [0, 0.05) is 5.54 Å². The van der Waals surface area contributed by atoms with Crippen molar-refractivity contribution in [2.75, 3.05) is 7.11 Å². The molecule has 0 heterocycles. The molecule has 0 spiro atoms. The van der Waals surface area contributed by atoms with Crippen molar-refractivity contribution in [2.24, 2.45) is 5.73 Å². The lowest BCUT2D eigenvalue weighted by Gasteiger charge is -2.25. The molecule has 2 N–H and O–H groups in total. The summed E-state index contributed by atoms with van der Waals surface area (Å²) in [5, 5.41) is 0. The average molecular weight is 247 g/mol. The summed E-state index contributed by atoms with van der Waals surface area (Å²) in [6.07, 6.45) is 7.29. The molecule has 2 saturated carbocycles. The average Bonchev–Trinajstić information content (AvgIpc) is 3.09. The van der Waals surface area contributed by atoms with Crippen LogP contribution in [0.25, 0.3) is 0 Å². The van der Waals surface area contributed by atoms with E-state index in [0.717, 1.165) is 37.2 Å². The molecule has 0 unspecified atom stereocenters. The molecule has 1 aromatic carbocycles. The first-order chi connectivity index (χ1) is 8.71. The van der Waals surface area contributed by atoms with E-state index < -0.39 is 0 Å². The van der Waals surface area contributed by atoms with Gasteiger partial charge in [-0.05, 0) is 43.4 Å². The predicted molar refractivity (Wildman–Crippen MR) is 71.0 cm³/mol. The van der Waals surface area contributed by atoms with Gasteiger partial charge < -0.3 is 15.2 Å². The number of rotatable bonds is 4. The van der Waals surface area contributed by atoms with Crippen molar-refractivity contribution in [2.45, 2.75) is 50.2 Å². The highest BCUT2D eigenvalue weighted by atomic mass is 16.5. The van der Waals surface area contributed by atoms with Crippen LogP contribution in [0.15, 0.2) is 18.2 Å². The first-order valence-electron chi connectivity index (χ1n) is 6.85. The van der Waals surface area contributed by atoms with E-state index in [1.807, 2.05) is 6.07 Å². The summed E-state index contributed by atoms with van der Waals surface area (Å²) in [7, 11) is 1.69. The molecular formula is C15H21NO2. The van der Waals surface area contributed by atoms with Gasteiger partial charge in [0.15, 0.2) is 11.5 Å². The molecule has 3 heteroatoms. The molecule has 0 saturated heterocycles. The molecule has 0 amide bonds. The molecule has 3 nitrogen and oxygen atoms in total. The number of hydrogen-bond donors (Lipinski definition) is 1. The summed E-state index contributed by atoms with van der Waals surface area (Å²) in [6.45, 7) is 0. The van der Waals surface area contributed by atoms with Crippen LogP contribution in [-0.4, -0.2) is 13.2 Å². The normalized spacial score (nSPS) is 21.9. The van der Waals surface area contributed by atoms with E-state index in [-0.39, 0.29) is 5.54 Å². The zero-order valence-corrected chi connectivity index (χ0v) is 10.9. The lowest BCUT2D eigenvalue weighted by atomic mass is 9.89. The molecule has 2 aliphatic rings. The fourth-order valence-corrected chi connectivity index (χ4v) is 2.73. The van der Waals surface area contributed by atoms with E-state index in [1.165, 1.54) is 18.4 Å². The van der Waals surface area contributed by atoms with Gasteiger partial charge in [-0.3, -0.25) is 0 Å². The Kier molecular flexibility index (Phi) is 2.94. The predicted octanol–water partition coefficient (Wildman–Crippen LogP) is 2.96. The highest BCUT2D eigenvalue weighted by Gasteiger charge is 2.32. The quantitative estimate of drug-likeness (QED) is 0.889. The van der Waals surface area contributed by atoms with Crippen molar-refractivity contribution in [1.82, 2.24) is 0 Å². The third kappa shape index (κ3) is 2.19. The molecule has 1 aromatic rings. The molecule has 0 aromatic heterocycles. The summed E-state index contributed by atoms with van der Waals surface area (Å²) in [5.74, 6) is 1.67. The maximum absolute atomic E-state index is 6.47. The molecule has 0 bridgehead atoms. The Morgan fingerprint density at radius 3 is 2.50 bits per heavy atom. The highest BCUT2D eigenvalue weighted by Crippen LogP contribution is 2.41. The minimum absolute atomic E-state index is 0.161.